The standard InChI is InChI=1S/C18H20Br2O/c1-10-6-7-14(11(2)8-10)17(20)16-13(4)15(19)9-12(3)18(16)21-5/h6-9,17H,1-5H3. The molecule has 0 aliphatic heterocycles. The van der Waals surface area contributed by atoms with Crippen molar-refractivity contribution < 1.29 is 4.74 Å². The van der Waals surface area contributed by atoms with Gasteiger partial charge in [-0.2, -0.15) is 0 Å². The van der Waals surface area contributed by atoms with Gasteiger partial charge < -0.3 is 4.74 Å². The number of alkyl halides is 1. The number of hydrogen-bond donors (Lipinski definition) is 0. The molecular formula is C18H20Br2O. The lowest BCUT2D eigenvalue weighted by Gasteiger charge is -2.22. The van der Waals surface area contributed by atoms with E-state index < -0.39 is 0 Å². The van der Waals surface area contributed by atoms with Gasteiger partial charge in [0, 0.05) is 10.0 Å². The lowest BCUT2D eigenvalue weighted by atomic mass is 9.94. The molecule has 1 nitrogen and oxygen atoms in total. The highest BCUT2D eigenvalue weighted by atomic mass is 79.9. The molecule has 0 saturated carbocycles. The summed E-state index contributed by atoms with van der Waals surface area (Å²) in [5.41, 5.74) is 7.38. The first-order valence-electron chi connectivity index (χ1n) is 6.91. The van der Waals surface area contributed by atoms with Crippen molar-refractivity contribution in [3.8, 4) is 5.75 Å². The molecule has 0 spiro atoms. The molecule has 0 aliphatic carbocycles. The van der Waals surface area contributed by atoms with E-state index in [1.807, 2.05) is 0 Å². The van der Waals surface area contributed by atoms with Crippen molar-refractivity contribution in [2.45, 2.75) is 32.5 Å². The molecule has 0 saturated heterocycles. The summed E-state index contributed by atoms with van der Waals surface area (Å²) in [6.45, 7) is 8.48. The molecule has 0 fully saturated rings. The summed E-state index contributed by atoms with van der Waals surface area (Å²) in [6.07, 6.45) is 0. The van der Waals surface area contributed by atoms with Gasteiger partial charge in [-0.25, -0.2) is 0 Å². The predicted octanol–water partition coefficient (Wildman–Crippen LogP) is 6.18. The molecule has 0 aromatic heterocycles. The van der Waals surface area contributed by atoms with Crippen LogP contribution in [-0.4, -0.2) is 7.11 Å². The van der Waals surface area contributed by atoms with Gasteiger partial charge in [0.2, 0.25) is 0 Å². The number of methoxy groups -OCH3 is 1. The highest BCUT2D eigenvalue weighted by Gasteiger charge is 2.22. The first-order chi connectivity index (χ1) is 9.86. The molecule has 0 radical (unpaired) electrons. The largest absolute Gasteiger partial charge is 0.496 e. The van der Waals surface area contributed by atoms with Gasteiger partial charge in [0.05, 0.1) is 11.9 Å². The van der Waals surface area contributed by atoms with Gasteiger partial charge in [-0.05, 0) is 56.0 Å². The Balaban J connectivity index is 2.65. The van der Waals surface area contributed by atoms with Crippen molar-refractivity contribution in [3.63, 3.8) is 0 Å². The van der Waals surface area contributed by atoms with E-state index >= 15 is 0 Å². The van der Waals surface area contributed by atoms with Gasteiger partial charge in [-0.15, -0.1) is 0 Å². The normalized spacial score (nSPS) is 12.3. The van der Waals surface area contributed by atoms with Crippen LogP contribution in [-0.2, 0) is 0 Å². The zero-order valence-electron chi connectivity index (χ0n) is 13.1. The minimum Gasteiger partial charge on any atom is -0.496 e. The second-order valence-corrected chi connectivity index (χ2v) is 7.24. The monoisotopic (exact) mass is 410 g/mol. The zero-order chi connectivity index (χ0) is 15.7. The van der Waals surface area contributed by atoms with E-state index in [0.29, 0.717) is 0 Å². The Morgan fingerprint density at radius 3 is 2.24 bits per heavy atom. The van der Waals surface area contributed by atoms with Gasteiger partial charge >= 0.3 is 0 Å². The van der Waals surface area contributed by atoms with Crippen LogP contribution in [0.15, 0.2) is 28.7 Å². The smallest absolute Gasteiger partial charge is 0.126 e. The van der Waals surface area contributed by atoms with Crippen molar-refractivity contribution >= 4 is 31.9 Å². The number of halogens is 2. The summed E-state index contributed by atoms with van der Waals surface area (Å²) in [5.74, 6) is 0.956. The van der Waals surface area contributed by atoms with Crippen LogP contribution in [0.1, 0.15) is 38.2 Å². The van der Waals surface area contributed by atoms with Crippen LogP contribution in [0.5, 0.6) is 5.75 Å². The van der Waals surface area contributed by atoms with Crippen molar-refractivity contribution in [2.24, 2.45) is 0 Å². The molecule has 112 valence electrons. The molecule has 0 N–H and O–H groups in total. The van der Waals surface area contributed by atoms with Gasteiger partial charge in [0.1, 0.15) is 5.75 Å². The van der Waals surface area contributed by atoms with E-state index in [2.05, 4.69) is 83.8 Å². The molecule has 3 heteroatoms. The van der Waals surface area contributed by atoms with E-state index in [1.54, 1.807) is 7.11 Å². The van der Waals surface area contributed by atoms with E-state index in [0.717, 1.165) is 15.8 Å². The Hall–Kier alpha value is -0.800. The van der Waals surface area contributed by atoms with Crippen LogP contribution in [0.25, 0.3) is 0 Å². The van der Waals surface area contributed by atoms with Crippen molar-refractivity contribution in [2.75, 3.05) is 7.11 Å². The highest BCUT2D eigenvalue weighted by molar-refractivity contribution is 9.10. The maximum atomic E-state index is 5.67. The number of aryl methyl sites for hydroxylation is 3. The van der Waals surface area contributed by atoms with E-state index in [1.165, 1.54) is 27.8 Å². The van der Waals surface area contributed by atoms with Crippen molar-refractivity contribution in [1.29, 1.82) is 0 Å². The molecule has 2 aromatic carbocycles. The Kier molecular flexibility index (Phi) is 5.15. The molecule has 1 unspecified atom stereocenters. The van der Waals surface area contributed by atoms with Crippen molar-refractivity contribution in [3.05, 3.63) is 62.1 Å². The van der Waals surface area contributed by atoms with Crippen LogP contribution < -0.4 is 4.74 Å². The minimum absolute atomic E-state index is 0.115. The molecule has 0 aliphatic rings. The van der Waals surface area contributed by atoms with Crippen LogP contribution in [0.3, 0.4) is 0 Å². The predicted molar refractivity (Wildman–Crippen MR) is 96.9 cm³/mol. The third-order valence-corrected chi connectivity index (χ3v) is 5.64. The summed E-state index contributed by atoms with van der Waals surface area (Å²) in [6, 6.07) is 8.68. The SMILES string of the molecule is COc1c(C)cc(Br)c(C)c1C(Br)c1ccc(C)cc1C. The van der Waals surface area contributed by atoms with Gasteiger partial charge in [0.25, 0.3) is 0 Å². The fourth-order valence-corrected chi connectivity index (χ4v) is 4.34. The van der Waals surface area contributed by atoms with Crippen LogP contribution in [0, 0.1) is 27.7 Å². The second kappa shape index (κ2) is 6.53. The third kappa shape index (κ3) is 3.19. The number of ether oxygens (including phenoxy) is 1. The quantitative estimate of drug-likeness (QED) is 0.548. The Labute approximate surface area is 144 Å². The van der Waals surface area contributed by atoms with Gasteiger partial charge in [-0.1, -0.05) is 55.6 Å². The van der Waals surface area contributed by atoms with E-state index in [9.17, 15) is 0 Å². The Morgan fingerprint density at radius 1 is 1.00 bits per heavy atom. The molecule has 1 atom stereocenters. The van der Waals surface area contributed by atoms with Crippen LogP contribution in [0.4, 0.5) is 0 Å². The third-order valence-electron chi connectivity index (χ3n) is 3.86. The van der Waals surface area contributed by atoms with Crippen LogP contribution >= 0.6 is 31.9 Å². The average Bonchev–Trinajstić information content (AvgIpc) is 2.41. The molecule has 21 heavy (non-hydrogen) atoms. The van der Waals surface area contributed by atoms with E-state index in [4.69, 9.17) is 4.74 Å². The molecular weight excluding hydrogens is 392 g/mol. The topological polar surface area (TPSA) is 9.23 Å². The summed E-state index contributed by atoms with van der Waals surface area (Å²) >= 11 is 7.53. The Morgan fingerprint density at radius 2 is 1.67 bits per heavy atom. The zero-order valence-corrected chi connectivity index (χ0v) is 16.2. The summed E-state index contributed by atoms with van der Waals surface area (Å²) < 4.78 is 6.78. The summed E-state index contributed by atoms with van der Waals surface area (Å²) in [7, 11) is 1.74. The first kappa shape index (κ1) is 16.6. The lowest BCUT2D eigenvalue weighted by Crippen LogP contribution is -2.04. The summed E-state index contributed by atoms with van der Waals surface area (Å²) in [5, 5.41) is 0. The van der Waals surface area contributed by atoms with Gasteiger partial charge in [-0.3, -0.25) is 0 Å². The average molecular weight is 412 g/mol. The first-order valence-corrected chi connectivity index (χ1v) is 8.62. The maximum absolute atomic E-state index is 5.67. The Bertz CT molecular complexity index is 677. The number of rotatable bonds is 3. The lowest BCUT2D eigenvalue weighted by molar-refractivity contribution is 0.406. The van der Waals surface area contributed by atoms with E-state index in [-0.39, 0.29) is 4.83 Å². The minimum atomic E-state index is 0.115. The molecule has 2 aromatic rings. The second-order valence-electron chi connectivity index (χ2n) is 5.47. The molecule has 0 amide bonds. The number of benzene rings is 2. The summed E-state index contributed by atoms with van der Waals surface area (Å²) in [4.78, 5) is 0.115. The highest BCUT2D eigenvalue weighted by Crippen LogP contribution is 2.43. The van der Waals surface area contributed by atoms with Crippen molar-refractivity contribution in [1.82, 2.24) is 0 Å². The molecule has 2 rings (SSSR count). The van der Waals surface area contributed by atoms with Gasteiger partial charge in [0.15, 0.2) is 0 Å². The fraction of sp³-hybridized carbons (Fsp3) is 0.333. The maximum Gasteiger partial charge on any atom is 0.126 e. The van der Waals surface area contributed by atoms with Crippen LogP contribution in [0.2, 0.25) is 0 Å². The molecule has 0 bridgehead atoms. The number of hydrogen-bond acceptors (Lipinski definition) is 1. The molecule has 0 heterocycles. The fourth-order valence-electron chi connectivity index (χ4n) is 2.72.